The van der Waals surface area contributed by atoms with Crippen LogP contribution in [0.2, 0.25) is 0 Å². The van der Waals surface area contributed by atoms with E-state index in [-0.39, 0.29) is 0 Å². The van der Waals surface area contributed by atoms with Crippen LogP contribution in [0.25, 0.3) is 0 Å². The zero-order valence-corrected chi connectivity index (χ0v) is 7.14. The molecule has 0 N–H and O–H groups in total. The van der Waals surface area contributed by atoms with Crippen LogP contribution >= 0.6 is 0 Å². The van der Waals surface area contributed by atoms with Gasteiger partial charge in [-0.1, -0.05) is 0 Å². The van der Waals surface area contributed by atoms with E-state index in [1.165, 1.54) is 13.1 Å². The zero-order valence-electron chi connectivity index (χ0n) is 7.14. The van der Waals surface area contributed by atoms with E-state index in [2.05, 4.69) is 4.98 Å². The van der Waals surface area contributed by atoms with Gasteiger partial charge in [-0.25, -0.2) is 0 Å². The van der Waals surface area contributed by atoms with Gasteiger partial charge in [-0.3, -0.25) is 9.78 Å². The second-order valence-electron chi connectivity index (χ2n) is 2.53. The highest BCUT2D eigenvalue weighted by atomic mass is 16.5. The Bertz CT molecular complexity index is 297. The summed E-state index contributed by atoms with van der Waals surface area (Å²) in [5, 5.41) is 0. The third-order valence-corrected chi connectivity index (χ3v) is 1.43. The minimum atomic E-state index is -0.736. The lowest BCUT2D eigenvalue weighted by Crippen LogP contribution is -2.18. The topological polar surface area (TPSA) is 56.3 Å². The smallest absolute Gasteiger partial charge is 0.321 e. The van der Waals surface area contributed by atoms with E-state index in [1.54, 1.807) is 18.3 Å². The van der Waals surface area contributed by atoms with Crippen molar-refractivity contribution in [2.24, 2.45) is 5.92 Å². The summed E-state index contributed by atoms with van der Waals surface area (Å²) in [6, 6.07) is 3.25. The van der Waals surface area contributed by atoms with E-state index >= 15 is 0 Å². The molecule has 1 aromatic rings. The van der Waals surface area contributed by atoms with Crippen molar-refractivity contribution in [3.8, 4) is 5.75 Å². The van der Waals surface area contributed by atoms with Gasteiger partial charge in [-0.15, -0.1) is 0 Å². The molecule has 1 aromatic heterocycles. The number of nitrogens with zero attached hydrogens (tertiary/aromatic N) is 1. The lowest BCUT2D eigenvalue weighted by atomic mass is 10.2. The largest absolute Gasteiger partial charge is 0.424 e. The first-order chi connectivity index (χ1) is 6.24. The third kappa shape index (κ3) is 2.66. The lowest BCUT2D eigenvalue weighted by molar-refractivity contribution is -0.140. The fourth-order valence-corrected chi connectivity index (χ4v) is 0.672. The standard InChI is InChI=1S/C9H9NO3/c1-7(6-11)9(12)13-8-3-2-4-10-5-8/h2-7H,1H3. The van der Waals surface area contributed by atoms with Crippen molar-refractivity contribution in [2.45, 2.75) is 6.92 Å². The number of hydrogen-bond donors (Lipinski definition) is 0. The van der Waals surface area contributed by atoms with E-state index in [1.807, 2.05) is 0 Å². The summed E-state index contributed by atoms with van der Waals surface area (Å²) in [7, 11) is 0. The summed E-state index contributed by atoms with van der Waals surface area (Å²) < 4.78 is 4.83. The van der Waals surface area contributed by atoms with Crippen LogP contribution in [0.1, 0.15) is 6.92 Å². The fraction of sp³-hybridized carbons (Fsp3) is 0.222. The molecule has 4 heteroatoms. The van der Waals surface area contributed by atoms with E-state index in [9.17, 15) is 9.59 Å². The normalized spacial score (nSPS) is 11.8. The summed E-state index contributed by atoms with van der Waals surface area (Å²) in [5.74, 6) is -0.954. The zero-order chi connectivity index (χ0) is 9.68. The minimum absolute atomic E-state index is 0.348. The first-order valence-corrected chi connectivity index (χ1v) is 3.81. The van der Waals surface area contributed by atoms with Crippen LogP contribution in [-0.4, -0.2) is 17.2 Å². The summed E-state index contributed by atoms with van der Waals surface area (Å²) >= 11 is 0. The summed E-state index contributed by atoms with van der Waals surface area (Å²) in [5.41, 5.74) is 0. The van der Waals surface area contributed by atoms with Crippen molar-refractivity contribution in [3.63, 3.8) is 0 Å². The van der Waals surface area contributed by atoms with Gasteiger partial charge in [0.2, 0.25) is 0 Å². The number of rotatable bonds is 3. The molecule has 0 aliphatic heterocycles. The Labute approximate surface area is 75.5 Å². The summed E-state index contributed by atoms with van der Waals surface area (Å²) in [6.07, 6.45) is 3.52. The predicted octanol–water partition coefficient (Wildman–Crippen LogP) is 0.822. The molecule has 1 heterocycles. The quantitative estimate of drug-likeness (QED) is 0.391. The maximum Gasteiger partial charge on any atom is 0.321 e. The van der Waals surface area contributed by atoms with Crippen LogP contribution < -0.4 is 4.74 Å². The Balaban J connectivity index is 2.60. The van der Waals surface area contributed by atoms with Gasteiger partial charge < -0.3 is 9.53 Å². The Morgan fingerprint density at radius 1 is 1.69 bits per heavy atom. The molecule has 0 amide bonds. The van der Waals surface area contributed by atoms with E-state index in [0.717, 1.165) is 0 Å². The van der Waals surface area contributed by atoms with Crippen molar-refractivity contribution in [2.75, 3.05) is 0 Å². The molecular weight excluding hydrogens is 170 g/mol. The van der Waals surface area contributed by atoms with Gasteiger partial charge in [0.25, 0.3) is 0 Å². The molecule has 0 aromatic carbocycles. The van der Waals surface area contributed by atoms with Crippen molar-refractivity contribution in [1.29, 1.82) is 0 Å². The molecule has 0 saturated heterocycles. The average Bonchev–Trinajstić information content (AvgIpc) is 2.18. The van der Waals surface area contributed by atoms with Crippen molar-refractivity contribution in [3.05, 3.63) is 24.5 Å². The number of esters is 1. The lowest BCUT2D eigenvalue weighted by Gasteiger charge is -2.04. The molecule has 1 rings (SSSR count). The minimum Gasteiger partial charge on any atom is -0.424 e. The first kappa shape index (κ1) is 9.38. The van der Waals surface area contributed by atoms with Crippen LogP contribution in [0.15, 0.2) is 24.5 Å². The molecule has 1 atom stereocenters. The monoisotopic (exact) mass is 179 g/mol. The van der Waals surface area contributed by atoms with Gasteiger partial charge in [0, 0.05) is 6.20 Å². The molecule has 68 valence electrons. The van der Waals surface area contributed by atoms with Crippen LogP contribution in [-0.2, 0) is 9.59 Å². The van der Waals surface area contributed by atoms with Gasteiger partial charge in [0.05, 0.1) is 6.20 Å². The number of pyridine rings is 1. The average molecular weight is 179 g/mol. The van der Waals surface area contributed by atoms with Crippen molar-refractivity contribution < 1.29 is 14.3 Å². The molecule has 0 aliphatic rings. The molecule has 0 aliphatic carbocycles. The molecule has 4 nitrogen and oxygen atoms in total. The number of hydrogen-bond acceptors (Lipinski definition) is 4. The molecule has 13 heavy (non-hydrogen) atoms. The SMILES string of the molecule is CC(C=O)C(=O)Oc1cccnc1. The van der Waals surface area contributed by atoms with Crippen LogP contribution in [0, 0.1) is 5.92 Å². The third-order valence-electron chi connectivity index (χ3n) is 1.43. The van der Waals surface area contributed by atoms with Crippen LogP contribution in [0.4, 0.5) is 0 Å². The Morgan fingerprint density at radius 2 is 2.46 bits per heavy atom. The van der Waals surface area contributed by atoms with E-state index in [0.29, 0.717) is 12.0 Å². The molecular formula is C9H9NO3. The Kier molecular flexibility index (Phi) is 3.14. The van der Waals surface area contributed by atoms with Gasteiger partial charge in [0.1, 0.15) is 18.0 Å². The maximum atomic E-state index is 11.1. The van der Waals surface area contributed by atoms with E-state index in [4.69, 9.17) is 4.74 Å². The number of carbonyl (C=O) groups excluding carboxylic acids is 2. The molecule has 0 saturated carbocycles. The number of aromatic nitrogens is 1. The van der Waals surface area contributed by atoms with Gasteiger partial charge >= 0.3 is 5.97 Å². The highest BCUT2D eigenvalue weighted by Gasteiger charge is 2.13. The predicted molar refractivity (Wildman–Crippen MR) is 45.1 cm³/mol. The molecule has 0 radical (unpaired) electrons. The number of aldehydes is 1. The van der Waals surface area contributed by atoms with E-state index < -0.39 is 11.9 Å². The summed E-state index contributed by atoms with van der Waals surface area (Å²) in [4.78, 5) is 25.0. The van der Waals surface area contributed by atoms with Crippen LogP contribution in [0.3, 0.4) is 0 Å². The van der Waals surface area contributed by atoms with Gasteiger partial charge in [-0.2, -0.15) is 0 Å². The van der Waals surface area contributed by atoms with Crippen molar-refractivity contribution in [1.82, 2.24) is 4.98 Å². The van der Waals surface area contributed by atoms with Gasteiger partial charge in [0.15, 0.2) is 0 Å². The molecule has 0 fully saturated rings. The van der Waals surface area contributed by atoms with Crippen LogP contribution in [0.5, 0.6) is 5.75 Å². The molecule has 0 spiro atoms. The Morgan fingerprint density at radius 3 is 3.00 bits per heavy atom. The second kappa shape index (κ2) is 4.35. The number of carbonyl (C=O) groups is 2. The molecule has 0 bridgehead atoms. The Hall–Kier alpha value is -1.71. The highest BCUT2D eigenvalue weighted by molar-refractivity contribution is 5.88. The van der Waals surface area contributed by atoms with Gasteiger partial charge in [-0.05, 0) is 19.1 Å². The maximum absolute atomic E-state index is 11.1. The number of ether oxygens (including phenoxy) is 1. The van der Waals surface area contributed by atoms with Crippen molar-refractivity contribution >= 4 is 12.3 Å². The molecule has 1 unspecified atom stereocenters. The highest BCUT2D eigenvalue weighted by Crippen LogP contribution is 2.08. The summed E-state index contributed by atoms with van der Waals surface area (Å²) in [6.45, 7) is 1.48. The fourth-order valence-electron chi connectivity index (χ4n) is 0.672. The second-order valence-corrected chi connectivity index (χ2v) is 2.53. The first-order valence-electron chi connectivity index (χ1n) is 3.81.